The molecule has 1 aromatic rings. The van der Waals surface area contributed by atoms with Crippen molar-refractivity contribution in [2.75, 3.05) is 25.8 Å². The maximum Gasteiger partial charge on any atom is 0.365 e. The number of methoxy groups -OCH3 is 1. The molecule has 0 saturated heterocycles. The van der Waals surface area contributed by atoms with Crippen molar-refractivity contribution in [1.29, 1.82) is 0 Å². The SMILES string of the molecule is CCOC(=O)C1=NN(c2cccc(Cl)c2)[C@@]2(S1)SC(C(=O)OC)=C(C)N2C. The second kappa shape index (κ2) is 7.65. The molecule has 10 heteroatoms. The number of esters is 2. The van der Waals surface area contributed by atoms with Crippen LogP contribution in [0.25, 0.3) is 0 Å². The van der Waals surface area contributed by atoms with E-state index in [1.165, 1.54) is 30.6 Å². The van der Waals surface area contributed by atoms with Crippen LogP contribution in [0, 0.1) is 0 Å². The molecule has 3 rings (SSSR count). The molecule has 1 aromatic carbocycles. The molecule has 2 heterocycles. The molecule has 1 spiro atoms. The number of hydrogen-bond acceptors (Lipinski definition) is 9. The van der Waals surface area contributed by atoms with E-state index in [-0.39, 0.29) is 11.7 Å². The van der Waals surface area contributed by atoms with E-state index < -0.39 is 16.3 Å². The van der Waals surface area contributed by atoms with Crippen molar-refractivity contribution in [1.82, 2.24) is 4.90 Å². The van der Waals surface area contributed by atoms with Crippen molar-refractivity contribution in [2.24, 2.45) is 5.10 Å². The molecule has 0 N–H and O–H groups in total. The number of ether oxygens (including phenoxy) is 2. The van der Waals surface area contributed by atoms with Gasteiger partial charge in [0.25, 0.3) is 0 Å². The monoisotopic (exact) mass is 427 g/mol. The van der Waals surface area contributed by atoms with Gasteiger partial charge in [-0.25, -0.2) is 14.6 Å². The highest BCUT2D eigenvalue weighted by Crippen LogP contribution is 2.58. The van der Waals surface area contributed by atoms with E-state index in [1.807, 2.05) is 24.9 Å². The van der Waals surface area contributed by atoms with Gasteiger partial charge in [0.2, 0.25) is 9.37 Å². The average molecular weight is 428 g/mol. The molecule has 2 aliphatic rings. The minimum absolute atomic E-state index is 0.204. The summed E-state index contributed by atoms with van der Waals surface area (Å²) in [5, 5.41) is 6.92. The Hall–Kier alpha value is -1.84. The number of carbonyl (C=O) groups excluding carboxylic acids is 2. The Morgan fingerprint density at radius 1 is 1.30 bits per heavy atom. The van der Waals surface area contributed by atoms with Gasteiger partial charge >= 0.3 is 11.9 Å². The summed E-state index contributed by atoms with van der Waals surface area (Å²) >= 11 is 8.65. The number of hydrogen-bond donors (Lipinski definition) is 0. The third-order valence-corrected chi connectivity index (χ3v) is 7.32. The van der Waals surface area contributed by atoms with Crippen molar-refractivity contribution >= 4 is 57.8 Å². The van der Waals surface area contributed by atoms with Crippen LogP contribution in [0.5, 0.6) is 0 Å². The van der Waals surface area contributed by atoms with Gasteiger partial charge in [0.1, 0.15) is 4.91 Å². The molecule has 0 unspecified atom stereocenters. The zero-order chi connectivity index (χ0) is 19.8. The smallest absolute Gasteiger partial charge is 0.365 e. The first kappa shape index (κ1) is 19.9. The van der Waals surface area contributed by atoms with E-state index in [1.54, 1.807) is 30.1 Å². The summed E-state index contributed by atoms with van der Waals surface area (Å²) in [6, 6.07) is 7.15. The van der Waals surface area contributed by atoms with Gasteiger partial charge in [-0.05, 0) is 43.8 Å². The summed E-state index contributed by atoms with van der Waals surface area (Å²) in [6.07, 6.45) is 0. The highest BCUT2D eigenvalue weighted by atomic mass is 35.5. The second-order valence-electron chi connectivity index (χ2n) is 5.64. The molecule has 0 aliphatic carbocycles. The summed E-state index contributed by atoms with van der Waals surface area (Å²) in [5.41, 5.74) is 1.42. The second-order valence-corrected chi connectivity index (χ2v) is 8.67. The molecule has 0 saturated carbocycles. The summed E-state index contributed by atoms with van der Waals surface area (Å²) < 4.78 is 9.12. The first-order valence-electron chi connectivity index (χ1n) is 8.06. The Balaban J connectivity index is 2.06. The quantitative estimate of drug-likeness (QED) is 0.676. The van der Waals surface area contributed by atoms with Gasteiger partial charge in [-0.3, -0.25) is 0 Å². The van der Waals surface area contributed by atoms with E-state index in [0.717, 1.165) is 5.70 Å². The van der Waals surface area contributed by atoms with Crippen LogP contribution in [-0.4, -0.2) is 47.0 Å². The third-order valence-electron chi connectivity index (χ3n) is 4.05. The van der Waals surface area contributed by atoms with Crippen molar-refractivity contribution in [3.63, 3.8) is 0 Å². The summed E-state index contributed by atoms with van der Waals surface area (Å²) in [7, 11) is 3.18. The van der Waals surface area contributed by atoms with E-state index in [0.29, 0.717) is 15.6 Å². The number of halogens is 1. The predicted molar refractivity (Wildman–Crippen MR) is 108 cm³/mol. The Bertz CT molecular complexity index is 860. The fourth-order valence-electron chi connectivity index (χ4n) is 2.64. The van der Waals surface area contributed by atoms with Gasteiger partial charge in [0.05, 0.1) is 19.4 Å². The molecule has 0 aromatic heterocycles. The van der Waals surface area contributed by atoms with Crippen LogP contribution in [0.4, 0.5) is 5.69 Å². The van der Waals surface area contributed by atoms with Gasteiger partial charge in [-0.15, -0.1) is 0 Å². The fraction of sp³-hybridized carbons (Fsp3) is 0.353. The average Bonchev–Trinajstić information content (AvgIpc) is 3.16. The zero-order valence-corrected chi connectivity index (χ0v) is 17.6. The van der Waals surface area contributed by atoms with E-state index in [2.05, 4.69) is 5.10 Å². The Kier molecular flexibility index (Phi) is 5.64. The number of anilines is 1. The van der Waals surface area contributed by atoms with Gasteiger partial charge in [-0.2, -0.15) is 5.10 Å². The maximum atomic E-state index is 12.3. The van der Waals surface area contributed by atoms with Crippen LogP contribution >= 0.6 is 35.1 Å². The Morgan fingerprint density at radius 2 is 2.04 bits per heavy atom. The van der Waals surface area contributed by atoms with Crippen LogP contribution in [0.2, 0.25) is 5.02 Å². The first-order valence-corrected chi connectivity index (χ1v) is 10.1. The molecule has 7 nitrogen and oxygen atoms in total. The van der Waals surface area contributed by atoms with Crippen molar-refractivity contribution in [3.8, 4) is 0 Å². The van der Waals surface area contributed by atoms with Crippen molar-refractivity contribution in [3.05, 3.63) is 39.9 Å². The standard InChI is InChI=1S/C17H18ClN3O4S2/c1-5-25-16(23)14-19-21(12-8-6-7-11(18)9-12)17(27-14)20(3)10(2)13(26-17)15(22)24-4/h6-9H,5H2,1-4H3/t17-/m1/s1. The summed E-state index contributed by atoms with van der Waals surface area (Å²) in [5.74, 6) is -0.943. The fourth-order valence-corrected chi connectivity index (χ4v) is 5.73. The number of nitrogens with zero attached hydrogens (tertiary/aromatic N) is 3. The number of carbonyl (C=O) groups is 2. The van der Waals surface area contributed by atoms with Crippen LogP contribution in [0.15, 0.2) is 40.0 Å². The van der Waals surface area contributed by atoms with Crippen LogP contribution in [-0.2, 0) is 19.1 Å². The lowest BCUT2D eigenvalue weighted by Gasteiger charge is -2.39. The van der Waals surface area contributed by atoms with Crippen molar-refractivity contribution < 1.29 is 19.1 Å². The summed E-state index contributed by atoms with van der Waals surface area (Å²) in [6.45, 7) is 3.81. The van der Waals surface area contributed by atoms with E-state index in [9.17, 15) is 9.59 Å². The third kappa shape index (κ3) is 3.39. The molecule has 1 atom stereocenters. The van der Waals surface area contributed by atoms with Crippen molar-refractivity contribution in [2.45, 2.75) is 18.2 Å². The normalized spacial score (nSPS) is 21.7. The molecular weight excluding hydrogens is 410 g/mol. The van der Waals surface area contributed by atoms with E-state index in [4.69, 9.17) is 21.1 Å². The van der Waals surface area contributed by atoms with Gasteiger partial charge < -0.3 is 14.4 Å². The molecule has 2 aliphatic heterocycles. The minimum atomic E-state index is -0.902. The molecule has 0 fully saturated rings. The topological polar surface area (TPSA) is 71.4 Å². The van der Waals surface area contributed by atoms with Gasteiger partial charge in [-0.1, -0.05) is 29.4 Å². The number of hydrazone groups is 1. The first-order chi connectivity index (χ1) is 12.8. The van der Waals surface area contributed by atoms with Crippen LogP contribution < -0.4 is 5.01 Å². The number of benzene rings is 1. The maximum absolute atomic E-state index is 12.3. The summed E-state index contributed by atoms with van der Waals surface area (Å²) in [4.78, 5) is 26.9. The van der Waals surface area contributed by atoms with E-state index >= 15 is 0 Å². The molecule has 0 amide bonds. The van der Waals surface area contributed by atoms with Crippen LogP contribution in [0.3, 0.4) is 0 Å². The lowest BCUT2D eigenvalue weighted by Crippen LogP contribution is -2.47. The number of rotatable bonds is 4. The van der Waals surface area contributed by atoms with Gasteiger partial charge in [0, 0.05) is 17.8 Å². The molecule has 144 valence electrons. The molecule has 0 bridgehead atoms. The number of allylic oxidation sites excluding steroid dienone is 1. The lowest BCUT2D eigenvalue weighted by atomic mass is 10.3. The largest absolute Gasteiger partial charge is 0.465 e. The Morgan fingerprint density at radius 3 is 2.67 bits per heavy atom. The minimum Gasteiger partial charge on any atom is -0.465 e. The number of thioether (sulfide) groups is 2. The predicted octanol–water partition coefficient (Wildman–Crippen LogP) is 3.46. The molecular formula is C17H18ClN3O4S2. The highest BCUT2D eigenvalue weighted by Gasteiger charge is 2.56. The highest BCUT2D eigenvalue weighted by molar-refractivity contribution is 8.28. The molecule has 27 heavy (non-hydrogen) atoms. The molecule has 0 radical (unpaired) electrons. The lowest BCUT2D eigenvalue weighted by molar-refractivity contribution is -0.135. The van der Waals surface area contributed by atoms with Gasteiger partial charge in [0.15, 0.2) is 0 Å². The van der Waals surface area contributed by atoms with Crippen LogP contribution in [0.1, 0.15) is 13.8 Å². The Labute approximate surface area is 170 Å². The zero-order valence-electron chi connectivity index (χ0n) is 15.2.